The molecule has 96 valence electrons. The lowest BCUT2D eigenvalue weighted by atomic mass is 9.90. The van der Waals surface area contributed by atoms with Crippen LogP contribution in [-0.4, -0.2) is 22.4 Å². The quantitative estimate of drug-likeness (QED) is 0.786. The molecule has 1 N–H and O–H groups in total. The summed E-state index contributed by atoms with van der Waals surface area (Å²) in [5.41, 5.74) is 1.35. The highest BCUT2D eigenvalue weighted by Gasteiger charge is 2.23. The van der Waals surface area contributed by atoms with Gasteiger partial charge in [-0.25, -0.2) is 0 Å². The molecule has 1 saturated carbocycles. The minimum Gasteiger partial charge on any atom is -0.314 e. The van der Waals surface area contributed by atoms with Gasteiger partial charge in [0, 0.05) is 25.0 Å². The lowest BCUT2D eigenvalue weighted by Crippen LogP contribution is -2.28. The van der Waals surface area contributed by atoms with Crippen LogP contribution < -0.4 is 5.32 Å². The van der Waals surface area contributed by atoms with Crippen LogP contribution in [0.5, 0.6) is 0 Å². The summed E-state index contributed by atoms with van der Waals surface area (Å²) in [4.78, 5) is 0. The molecule has 0 aliphatic heterocycles. The molecule has 0 radical (unpaired) electrons. The van der Waals surface area contributed by atoms with E-state index in [1.807, 2.05) is 17.9 Å². The summed E-state index contributed by atoms with van der Waals surface area (Å²) in [7, 11) is 2.03. The number of hydrogen-bond donors (Lipinski definition) is 1. The lowest BCUT2D eigenvalue weighted by molar-refractivity contribution is 0.337. The van der Waals surface area contributed by atoms with Crippen molar-refractivity contribution in [2.45, 2.75) is 45.6 Å². The molecule has 0 saturated heterocycles. The van der Waals surface area contributed by atoms with Gasteiger partial charge < -0.3 is 5.32 Å². The fraction of sp³-hybridized carbons (Fsp3) is 0.786. The summed E-state index contributed by atoms with van der Waals surface area (Å²) >= 11 is 0. The first-order valence-corrected chi connectivity index (χ1v) is 6.87. The summed E-state index contributed by atoms with van der Waals surface area (Å²) in [6.45, 7) is 5.85. The van der Waals surface area contributed by atoms with E-state index >= 15 is 0 Å². The van der Waals surface area contributed by atoms with E-state index in [0.29, 0.717) is 0 Å². The first-order valence-electron chi connectivity index (χ1n) is 6.87. The van der Waals surface area contributed by atoms with Gasteiger partial charge in [-0.05, 0) is 50.1 Å². The Bertz CT molecular complexity index is 339. The minimum absolute atomic E-state index is 0.759. The van der Waals surface area contributed by atoms with E-state index < -0.39 is 0 Å². The van der Waals surface area contributed by atoms with E-state index in [1.165, 1.54) is 31.5 Å². The van der Waals surface area contributed by atoms with Crippen molar-refractivity contribution in [1.29, 1.82) is 0 Å². The molecule has 1 heterocycles. The number of nitrogens with one attached hydrogen (secondary N) is 1. The van der Waals surface area contributed by atoms with Gasteiger partial charge in [-0.15, -0.1) is 0 Å². The van der Waals surface area contributed by atoms with Crippen LogP contribution in [0, 0.1) is 11.8 Å². The zero-order chi connectivity index (χ0) is 12.3. The summed E-state index contributed by atoms with van der Waals surface area (Å²) < 4.78 is 1.99. The van der Waals surface area contributed by atoms with Crippen LogP contribution in [0.2, 0.25) is 0 Å². The van der Waals surface area contributed by atoms with Crippen LogP contribution in [0.15, 0.2) is 12.3 Å². The van der Waals surface area contributed by atoms with Gasteiger partial charge in [0.15, 0.2) is 0 Å². The Morgan fingerprint density at radius 3 is 2.76 bits per heavy atom. The van der Waals surface area contributed by atoms with E-state index in [4.69, 9.17) is 0 Å². The molecule has 2 rings (SSSR count). The van der Waals surface area contributed by atoms with Crippen LogP contribution >= 0.6 is 0 Å². The highest BCUT2D eigenvalue weighted by molar-refractivity contribution is 5.00. The normalized spacial score (nSPS) is 17.6. The molecule has 3 heteroatoms. The van der Waals surface area contributed by atoms with Crippen LogP contribution in [-0.2, 0) is 13.5 Å². The van der Waals surface area contributed by atoms with Gasteiger partial charge >= 0.3 is 0 Å². The Balaban J connectivity index is 1.78. The maximum absolute atomic E-state index is 4.22. The van der Waals surface area contributed by atoms with E-state index in [1.54, 1.807) is 0 Å². The number of rotatable bonds is 7. The molecule has 1 aliphatic carbocycles. The van der Waals surface area contributed by atoms with E-state index in [-0.39, 0.29) is 0 Å². The van der Waals surface area contributed by atoms with Crippen LogP contribution in [0.4, 0.5) is 0 Å². The predicted molar refractivity (Wildman–Crippen MR) is 70.9 cm³/mol. The fourth-order valence-electron chi connectivity index (χ4n) is 2.26. The van der Waals surface area contributed by atoms with E-state index in [2.05, 4.69) is 30.3 Å². The molecule has 1 aliphatic rings. The molecule has 1 atom stereocenters. The van der Waals surface area contributed by atoms with Crippen molar-refractivity contribution >= 4 is 0 Å². The topological polar surface area (TPSA) is 29.9 Å². The lowest BCUT2D eigenvalue weighted by Gasteiger charge is -2.21. The van der Waals surface area contributed by atoms with Crippen LogP contribution in [0.25, 0.3) is 0 Å². The molecule has 17 heavy (non-hydrogen) atoms. The van der Waals surface area contributed by atoms with Crippen LogP contribution in [0.1, 0.15) is 38.8 Å². The number of nitrogens with zero attached hydrogens (tertiary/aromatic N) is 2. The molecule has 1 unspecified atom stereocenters. The van der Waals surface area contributed by atoms with Crippen molar-refractivity contribution in [3.05, 3.63) is 18.0 Å². The molecule has 3 nitrogen and oxygen atoms in total. The second-order valence-electron chi connectivity index (χ2n) is 5.67. The van der Waals surface area contributed by atoms with Crippen molar-refractivity contribution in [1.82, 2.24) is 15.1 Å². The third-order valence-electron chi connectivity index (χ3n) is 3.88. The summed E-state index contributed by atoms with van der Waals surface area (Å²) in [5, 5.41) is 7.88. The highest BCUT2D eigenvalue weighted by Crippen LogP contribution is 2.22. The van der Waals surface area contributed by atoms with Crippen LogP contribution in [0.3, 0.4) is 0 Å². The monoisotopic (exact) mass is 235 g/mol. The Hall–Kier alpha value is -0.830. The zero-order valence-electron chi connectivity index (χ0n) is 11.3. The van der Waals surface area contributed by atoms with Crippen molar-refractivity contribution < 1.29 is 0 Å². The molecular formula is C14H25N3. The smallest absolute Gasteiger partial charge is 0.0492 e. The van der Waals surface area contributed by atoms with Crippen molar-refractivity contribution in [3.63, 3.8) is 0 Å². The van der Waals surface area contributed by atoms with Gasteiger partial charge in [0.05, 0.1) is 0 Å². The molecular weight excluding hydrogens is 210 g/mol. The third-order valence-corrected chi connectivity index (χ3v) is 3.88. The first kappa shape index (κ1) is 12.6. The van der Waals surface area contributed by atoms with Gasteiger partial charge in [0.1, 0.15) is 0 Å². The standard InChI is InChI=1S/C14H25N3/c1-11(2)12(10-15-13-5-6-13)4-7-14-8-9-16-17(14)3/h8-9,11-13,15H,4-7,10H2,1-3H3. The van der Waals surface area contributed by atoms with Gasteiger partial charge in [0.2, 0.25) is 0 Å². The fourth-order valence-corrected chi connectivity index (χ4v) is 2.26. The Morgan fingerprint density at radius 2 is 2.24 bits per heavy atom. The average molecular weight is 235 g/mol. The van der Waals surface area contributed by atoms with E-state index in [9.17, 15) is 0 Å². The number of aryl methyl sites for hydroxylation is 2. The second kappa shape index (κ2) is 5.67. The highest BCUT2D eigenvalue weighted by atomic mass is 15.2. The largest absolute Gasteiger partial charge is 0.314 e. The summed E-state index contributed by atoms with van der Waals surface area (Å²) in [5.74, 6) is 1.54. The number of aromatic nitrogens is 2. The Labute approximate surface area is 105 Å². The SMILES string of the molecule is CC(C)C(CCc1ccnn1C)CNC1CC1. The van der Waals surface area contributed by atoms with E-state index in [0.717, 1.165) is 24.3 Å². The summed E-state index contributed by atoms with van der Waals surface area (Å²) in [6.07, 6.45) is 7.06. The van der Waals surface area contributed by atoms with Gasteiger partial charge in [-0.2, -0.15) is 5.10 Å². The zero-order valence-corrected chi connectivity index (χ0v) is 11.3. The molecule has 0 amide bonds. The molecule has 0 aromatic carbocycles. The first-order chi connectivity index (χ1) is 8.16. The molecule has 0 spiro atoms. The molecule has 1 aromatic heterocycles. The minimum atomic E-state index is 0.759. The number of hydrogen-bond acceptors (Lipinski definition) is 2. The Kier molecular flexibility index (Phi) is 4.21. The molecule has 0 bridgehead atoms. The van der Waals surface area contributed by atoms with Gasteiger partial charge in [0.25, 0.3) is 0 Å². The summed E-state index contributed by atoms with van der Waals surface area (Å²) in [6, 6.07) is 2.96. The van der Waals surface area contributed by atoms with Crippen molar-refractivity contribution in [3.8, 4) is 0 Å². The molecule has 1 aromatic rings. The van der Waals surface area contributed by atoms with Gasteiger partial charge in [-0.1, -0.05) is 13.8 Å². The average Bonchev–Trinajstić information content (AvgIpc) is 3.02. The van der Waals surface area contributed by atoms with Crippen molar-refractivity contribution in [2.24, 2.45) is 18.9 Å². The second-order valence-corrected chi connectivity index (χ2v) is 5.67. The third kappa shape index (κ3) is 3.84. The maximum Gasteiger partial charge on any atom is 0.0492 e. The Morgan fingerprint density at radius 1 is 1.47 bits per heavy atom. The van der Waals surface area contributed by atoms with Crippen molar-refractivity contribution in [2.75, 3.05) is 6.54 Å². The predicted octanol–water partition coefficient (Wildman–Crippen LogP) is 2.38. The maximum atomic E-state index is 4.22. The van der Waals surface area contributed by atoms with Gasteiger partial charge in [-0.3, -0.25) is 4.68 Å². The molecule has 1 fully saturated rings.